The summed E-state index contributed by atoms with van der Waals surface area (Å²) in [4.78, 5) is 39.4. The summed E-state index contributed by atoms with van der Waals surface area (Å²) in [6.45, 7) is 3.30. The van der Waals surface area contributed by atoms with Gasteiger partial charge in [0, 0.05) is 49.6 Å². The van der Waals surface area contributed by atoms with Gasteiger partial charge in [0.05, 0.1) is 22.8 Å². The maximum absolute atomic E-state index is 12.9. The quantitative estimate of drug-likeness (QED) is 0.250. The highest BCUT2D eigenvalue weighted by Gasteiger charge is 2.24. The van der Waals surface area contributed by atoms with Gasteiger partial charge in [0.15, 0.2) is 0 Å². The van der Waals surface area contributed by atoms with Gasteiger partial charge in [-0.3, -0.25) is 4.79 Å². The van der Waals surface area contributed by atoms with Crippen LogP contribution < -0.4 is 15.8 Å². The van der Waals surface area contributed by atoms with E-state index in [-0.39, 0.29) is 18.7 Å². The molecule has 40 heavy (non-hydrogen) atoms. The number of imidazole rings is 1. The first-order valence-electron chi connectivity index (χ1n) is 13.0. The number of piperazine rings is 1. The van der Waals surface area contributed by atoms with Gasteiger partial charge >= 0.3 is 6.09 Å². The first kappa shape index (κ1) is 27.5. The van der Waals surface area contributed by atoms with Crippen LogP contribution in [0.4, 0.5) is 20.6 Å². The number of aromatic nitrogens is 3. The van der Waals surface area contributed by atoms with Crippen LogP contribution in [-0.4, -0.2) is 77.1 Å². The molecule has 10 nitrogen and oxygen atoms in total. The molecule has 1 atom stereocenters. The minimum atomic E-state index is -0.836. The lowest BCUT2D eigenvalue weighted by atomic mass is 10.1. The molecule has 0 spiro atoms. The number of rotatable bonds is 8. The van der Waals surface area contributed by atoms with Crippen molar-refractivity contribution >= 4 is 40.1 Å². The van der Waals surface area contributed by atoms with E-state index >= 15 is 0 Å². The van der Waals surface area contributed by atoms with Crippen LogP contribution in [0.15, 0.2) is 53.5 Å². The summed E-state index contributed by atoms with van der Waals surface area (Å²) >= 11 is 6.06. The molecule has 4 N–H and O–H groups in total. The summed E-state index contributed by atoms with van der Waals surface area (Å²) in [6, 6.07) is 12.7. The van der Waals surface area contributed by atoms with Gasteiger partial charge in [0.25, 0.3) is 5.56 Å². The van der Waals surface area contributed by atoms with Crippen LogP contribution in [0.5, 0.6) is 0 Å². The standard InChI is InChI=1S/C28H30ClFN6O4/c1-17-13-20(35-8-10-36(11-9-35)28(39)40-12-6-30)15-22-25(17)34-26(33-22)24-21(5-7-31-27(24)38)32-16-23(37)18-3-2-4-19(29)14-18/h2-5,7,13-15,23,37H,6,8-12,16H2,1H3,(H,33,34)(H2,31,32,38). The van der Waals surface area contributed by atoms with Crippen molar-refractivity contribution in [3.05, 3.63) is 75.2 Å². The molecule has 1 aliphatic heterocycles. The maximum Gasteiger partial charge on any atom is 0.409 e. The number of halogens is 2. The van der Waals surface area contributed by atoms with Crippen molar-refractivity contribution in [3.63, 3.8) is 0 Å². The first-order valence-corrected chi connectivity index (χ1v) is 13.3. The Balaban J connectivity index is 1.35. The molecule has 4 aromatic rings. The minimum absolute atomic E-state index is 0.160. The molecule has 1 saturated heterocycles. The second-order valence-corrected chi connectivity index (χ2v) is 10.0. The van der Waals surface area contributed by atoms with Crippen LogP contribution in [-0.2, 0) is 4.74 Å². The lowest BCUT2D eigenvalue weighted by Crippen LogP contribution is -2.49. The Labute approximate surface area is 234 Å². The number of carbonyl (C=O) groups is 1. The lowest BCUT2D eigenvalue weighted by Gasteiger charge is -2.35. The molecule has 3 heterocycles. The van der Waals surface area contributed by atoms with E-state index in [1.54, 1.807) is 41.4 Å². The van der Waals surface area contributed by atoms with Gasteiger partial charge < -0.3 is 34.9 Å². The van der Waals surface area contributed by atoms with Crippen LogP contribution in [0.2, 0.25) is 5.02 Å². The number of pyridine rings is 1. The topological polar surface area (TPSA) is 127 Å². The van der Waals surface area contributed by atoms with Gasteiger partial charge in [0.1, 0.15) is 24.7 Å². The zero-order chi connectivity index (χ0) is 28.2. The number of carbonyl (C=O) groups excluding carboxylic acids is 1. The molecule has 1 unspecified atom stereocenters. The Morgan fingerprint density at radius 2 is 2.02 bits per heavy atom. The largest absolute Gasteiger partial charge is 0.447 e. The van der Waals surface area contributed by atoms with Gasteiger partial charge in [-0.2, -0.15) is 0 Å². The molecule has 0 radical (unpaired) electrons. The Morgan fingerprint density at radius 3 is 2.77 bits per heavy atom. The van der Waals surface area contributed by atoms with Gasteiger partial charge in [-0.25, -0.2) is 14.2 Å². The third-order valence-electron chi connectivity index (χ3n) is 6.88. The number of H-pyrrole nitrogens is 2. The number of ether oxygens (including phenoxy) is 1. The van der Waals surface area contributed by atoms with E-state index in [1.165, 1.54) is 0 Å². The Kier molecular flexibility index (Phi) is 8.22. The fourth-order valence-corrected chi connectivity index (χ4v) is 5.03. The lowest BCUT2D eigenvalue weighted by molar-refractivity contribution is 0.0943. The van der Waals surface area contributed by atoms with E-state index in [9.17, 15) is 19.1 Å². The molecule has 5 rings (SSSR count). The van der Waals surface area contributed by atoms with E-state index < -0.39 is 18.9 Å². The Morgan fingerprint density at radius 1 is 1.23 bits per heavy atom. The molecule has 1 aliphatic rings. The summed E-state index contributed by atoms with van der Waals surface area (Å²) in [6.07, 6.45) is 0.205. The molecule has 2 aromatic carbocycles. The van der Waals surface area contributed by atoms with Gasteiger partial charge in [-0.1, -0.05) is 23.7 Å². The van der Waals surface area contributed by atoms with Crippen LogP contribution in [0.25, 0.3) is 22.4 Å². The second kappa shape index (κ2) is 12.0. The van der Waals surface area contributed by atoms with Crippen molar-refractivity contribution in [1.29, 1.82) is 0 Å². The van der Waals surface area contributed by atoms with Gasteiger partial charge in [0.2, 0.25) is 0 Å². The normalized spacial score (nSPS) is 14.4. The number of aryl methyl sites for hydroxylation is 1. The Bertz CT molecular complexity index is 1570. The molecule has 0 bridgehead atoms. The zero-order valence-corrected chi connectivity index (χ0v) is 22.7. The van der Waals surface area contributed by atoms with Crippen molar-refractivity contribution < 1.29 is 19.0 Å². The Hall–Kier alpha value is -4.09. The summed E-state index contributed by atoms with van der Waals surface area (Å²) in [5.41, 5.74) is 4.59. The third kappa shape index (κ3) is 5.90. The number of nitrogens with zero attached hydrogens (tertiary/aromatic N) is 3. The van der Waals surface area contributed by atoms with Crippen LogP contribution in [0, 0.1) is 6.92 Å². The average Bonchev–Trinajstić information content (AvgIpc) is 3.39. The molecular weight excluding hydrogens is 539 g/mol. The predicted molar refractivity (Wildman–Crippen MR) is 153 cm³/mol. The number of hydrogen-bond donors (Lipinski definition) is 4. The van der Waals surface area contributed by atoms with Crippen molar-refractivity contribution in [1.82, 2.24) is 19.9 Å². The molecule has 0 aliphatic carbocycles. The molecule has 1 amide bonds. The molecule has 1 fully saturated rings. The number of aliphatic hydroxyl groups is 1. The smallest absolute Gasteiger partial charge is 0.409 e. The highest BCUT2D eigenvalue weighted by molar-refractivity contribution is 6.30. The number of fused-ring (bicyclic) bond motifs is 1. The maximum atomic E-state index is 12.9. The minimum Gasteiger partial charge on any atom is -0.447 e. The van der Waals surface area contributed by atoms with Crippen LogP contribution in [0.3, 0.4) is 0 Å². The number of aromatic amines is 2. The summed E-state index contributed by atoms with van der Waals surface area (Å²) in [5, 5.41) is 14.4. The monoisotopic (exact) mass is 568 g/mol. The zero-order valence-electron chi connectivity index (χ0n) is 21.9. The van der Waals surface area contributed by atoms with Gasteiger partial charge in [-0.05, 0) is 48.4 Å². The van der Waals surface area contributed by atoms with Crippen molar-refractivity contribution in [2.24, 2.45) is 0 Å². The number of anilines is 2. The van der Waals surface area contributed by atoms with Crippen LogP contribution >= 0.6 is 11.6 Å². The summed E-state index contributed by atoms with van der Waals surface area (Å²) in [7, 11) is 0. The van der Waals surface area contributed by atoms with E-state index in [4.69, 9.17) is 21.3 Å². The SMILES string of the molecule is Cc1cc(N2CCN(C(=O)OCCF)CC2)cc2[nH]c(-c3c(NCC(O)c4cccc(Cl)c4)cc[nH]c3=O)nc12. The van der Waals surface area contributed by atoms with Crippen molar-refractivity contribution in [3.8, 4) is 11.4 Å². The number of amides is 1. The highest BCUT2D eigenvalue weighted by atomic mass is 35.5. The summed E-state index contributed by atoms with van der Waals surface area (Å²) in [5.74, 6) is 0.400. The fraction of sp³-hybridized carbons (Fsp3) is 0.321. The number of hydrogen-bond acceptors (Lipinski definition) is 7. The van der Waals surface area contributed by atoms with E-state index in [0.717, 1.165) is 22.3 Å². The third-order valence-corrected chi connectivity index (χ3v) is 7.12. The highest BCUT2D eigenvalue weighted by Crippen LogP contribution is 2.30. The predicted octanol–water partition coefficient (Wildman–Crippen LogP) is 4.25. The van der Waals surface area contributed by atoms with E-state index in [1.807, 2.05) is 19.1 Å². The molecular formula is C28H30ClFN6O4. The molecule has 2 aromatic heterocycles. The molecule has 0 saturated carbocycles. The first-order chi connectivity index (χ1) is 19.3. The van der Waals surface area contributed by atoms with Crippen molar-refractivity contribution in [2.75, 3.05) is 56.2 Å². The molecule has 12 heteroatoms. The van der Waals surface area contributed by atoms with E-state index in [0.29, 0.717) is 53.8 Å². The van der Waals surface area contributed by atoms with Crippen LogP contribution in [0.1, 0.15) is 17.2 Å². The average molecular weight is 569 g/mol. The van der Waals surface area contributed by atoms with E-state index in [2.05, 4.69) is 20.2 Å². The number of benzene rings is 2. The number of aliphatic hydroxyl groups excluding tert-OH is 1. The number of alkyl halides is 1. The molecule has 210 valence electrons. The van der Waals surface area contributed by atoms with Gasteiger partial charge in [-0.15, -0.1) is 0 Å². The number of nitrogens with one attached hydrogen (secondary N) is 3. The summed E-state index contributed by atoms with van der Waals surface area (Å²) < 4.78 is 17.2. The second-order valence-electron chi connectivity index (χ2n) is 9.57. The van der Waals surface area contributed by atoms with Crippen molar-refractivity contribution in [2.45, 2.75) is 13.0 Å². The fourth-order valence-electron chi connectivity index (χ4n) is 4.84.